The monoisotopic (exact) mass is 282 g/mol. The van der Waals surface area contributed by atoms with Crippen molar-refractivity contribution in [2.45, 2.75) is 26.7 Å². The van der Waals surface area contributed by atoms with Gasteiger partial charge in [-0.2, -0.15) is 0 Å². The quantitative estimate of drug-likeness (QED) is 0.815. The lowest BCUT2D eigenvalue weighted by Gasteiger charge is -2.02. The van der Waals surface area contributed by atoms with Crippen LogP contribution in [0.2, 0.25) is 0 Å². The van der Waals surface area contributed by atoms with Gasteiger partial charge in [0, 0.05) is 10.8 Å². The van der Waals surface area contributed by atoms with Crippen molar-refractivity contribution in [3.05, 3.63) is 10.6 Å². The summed E-state index contributed by atoms with van der Waals surface area (Å²) in [6, 6.07) is 0. The lowest BCUT2D eigenvalue weighted by molar-refractivity contribution is 0.600. The van der Waals surface area contributed by atoms with Crippen LogP contribution in [0.25, 0.3) is 0 Å². The molecular weight excluding hydrogens is 268 g/mol. The third kappa shape index (κ3) is 3.92. The summed E-state index contributed by atoms with van der Waals surface area (Å²) >= 11 is 6.82. The summed E-state index contributed by atoms with van der Waals surface area (Å²) in [5.41, 5.74) is 0.944. The van der Waals surface area contributed by atoms with Crippen molar-refractivity contribution in [3.8, 4) is 0 Å². The van der Waals surface area contributed by atoms with Gasteiger partial charge < -0.3 is 0 Å². The number of halogens is 1. The van der Waals surface area contributed by atoms with Gasteiger partial charge in [-0.15, -0.1) is 22.9 Å². The lowest BCUT2D eigenvalue weighted by atomic mass is 10.3. The normalized spacial score (nSPS) is 11.7. The topological polar surface area (TPSA) is 59.1 Å². The average Bonchev–Trinajstić information content (AvgIpc) is 2.55. The van der Waals surface area contributed by atoms with Crippen LogP contribution in [0.4, 0.5) is 5.13 Å². The molecule has 92 valence electrons. The van der Waals surface area contributed by atoms with Crippen molar-refractivity contribution in [1.82, 2.24) is 4.98 Å². The number of hydrogen-bond acceptors (Lipinski definition) is 4. The van der Waals surface area contributed by atoms with Gasteiger partial charge in [-0.3, -0.25) is 4.72 Å². The van der Waals surface area contributed by atoms with E-state index in [0.717, 1.165) is 17.0 Å². The van der Waals surface area contributed by atoms with Gasteiger partial charge in [-0.25, -0.2) is 13.4 Å². The maximum atomic E-state index is 11.6. The van der Waals surface area contributed by atoms with Crippen molar-refractivity contribution in [2.24, 2.45) is 0 Å². The molecule has 0 atom stereocenters. The first-order chi connectivity index (χ1) is 7.48. The van der Waals surface area contributed by atoms with Crippen LogP contribution in [0.3, 0.4) is 0 Å². The molecular formula is C9H15ClN2O2S2. The number of nitrogens with one attached hydrogen (secondary N) is 1. The predicted molar refractivity (Wildman–Crippen MR) is 69.0 cm³/mol. The average molecular weight is 283 g/mol. The molecule has 0 aliphatic rings. The van der Waals surface area contributed by atoms with E-state index in [9.17, 15) is 8.42 Å². The molecule has 0 spiro atoms. The van der Waals surface area contributed by atoms with E-state index in [1.807, 2.05) is 13.8 Å². The minimum absolute atomic E-state index is 0.0383. The summed E-state index contributed by atoms with van der Waals surface area (Å²) in [5, 5.41) is 0.448. The van der Waals surface area contributed by atoms with E-state index in [-0.39, 0.29) is 5.75 Å². The molecule has 1 aromatic heterocycles. The number of anilines is 1. The highest BCUT2D eigenvalue weighted by Crippen LogP contribution is 2.23. The largest absolute Gasteiger partial charge is 0.259 e. The zero-order valence-electron chi connectivity index (χ0n) is 9.29. The Kier molecular flexibility index (Phi) is 5.01. The van der Waals surface area contributed by atoms with Crippen molar-refractivity contribution in [2.75, 3.05) is 16.4 Å². The van der Waals surface area contributed by atoms with Crippen LogP contribution >= 0.6 is 22.9 Å². The zero-order valence-corrected chi connectivity index (χ0v) is 11.7. The molecule has 0 bridgehead atoms. The first kappa shape index (κ1) is 13.7. The lowest BCUT2D eigenvalue weighted by Crippen LogP contribution is -2.16. The number of aromatic nitrogens is 1. The maximum absolute atomic E-state index is 11.6. The molecule has 0 fully saturated rings. The standard InChI is InChI=1S/C9H15ClN2O2S2/c1-3-8-7(2)15-9(11-8)12-16(13,14)6-4-5-10/h3-6H2,1-2H3,(H,11,12). The molecule has 0 aliphatic carbocycles. The van der Waals surface area contributed by atoms with Gasteiger partial charge in [0.2, 0.25) is 10.0 Å². The van der Waals surface area contributed by atoms with Gasteiger partial charge >= 0.3 is 0 Å². The number of aryl methyl sites for hydroxylation is 2. The first-order valence-electron chi connectivity index (χ1n) is 5.01. The van der Waals surface area contributed by atoms with Crippen LogP contribution in [0, 0.1) is 6.92 Å². The molecule has 0 saturated heterocycles. The molecule has 1 N–H and O–H groups in total. The Labute approximate surface area is 105 Å². The number of nitrogens with zero attached hydrogens (tertiary/aromatic N) is 1. The molecule has 0 saturated carbocycles. The third-order valence-corrected chi connectivity index (χ3v) is 4.67. The van der Waals surface area contributed by atoms with Gasteiger partial charge in [0.05, 0.1) is 11.4 Å². The molecule has 0 aromatic carbocycles. The van der Waals surface area contributed by atoms with Gasteiger partial charge in [0.25, 0.3) is 0 Å². The Morgan fingerprint density at radius 3 is 2.69 bits per heavy atom. The molecule has 16 heavy (non-hydrogen) atoms. The molecule has 1 heterocycles. The van der Waals surface area contributed by atoms with Crippen molar-refractivity contribution in [3.63, 3.8) is 0 Å². The van der Waals surface area contributed by atoms with Gasteiger partial charge in [0.1, 0.15) is 0 Å². The molecule has 0 radical (unpaired) electrons. The molecule has 0 unspecified atom stereocenters. The van der Waals surface area contributed by atoms with E-state index in [1.54, 1.807) is 0 Å². The molecule has 0 aliphatic heterocycles. The summed E-state index contributed by atoms with van der Waals surface area (Å²) in [4.78, 5) is 5.27. The van der Waals surface area contributed by atoms with Crippen LogP contribution in [-0.4, -0.2) is 25.0 Å². The number of hydrogen-bond donors (Lipinski definition) is 1. The summed E-state index contributed by atoms with van der Waals surface area (Å²) in [5.74, 6) is 0.384. The summed E-state index contributed by atoms with van der Waals surface area (Å²) in [6.45, 7) is 3.93. The van der Waals surface area contributed by atoms with Crippen LogP contribution in [0.5, 0.6) is 0 Å². The van der Waals surface area contributed by atoms with Gasteiger partial charge in [-0.05, 0) is 19.8 Å². The highest BCUT2D eigenvalue weighted by Gasteiger charge is 2.13. The molecule has 1 rings (SSSR count). The van der Waals surface area contributed by atoms with Crippen molar-refractivity contribution < 1.29 is 8.42 Å². The highest BCUT2D eigenvalue weighted by atomic mass is 35.5. The third-order valence-electron chi connectivity index (χ3n) is 2.02. The number of rotatable bonds is 6. The van der Waals surface area contributed by atoms with E-state index < -0.39 is 10.0 Å². The second kappa shape index (κ2) is 5.84. The van der Waals surface area contributed by atoms with Crippen LogP contribution in [0.15, 0.2) is 0 Å². The van der Waals surface area contributed by atoms with Crippen molar-refractivity contribution >= 4 is 38.1 Å². The fourth-order valence-electron chi connectivity index (χ4n) is 1.23. The van der Waals surface area contributed by atoms with E-state index in [1.165, 1.54) is 11.3 Å². The second-order valence-corrected chi connectivity index (χ2v) is 6.76. The summed E-state index contributed by atoms with van der Waals surface area (Å²) < 4.78 is 25.6. The van der Waals surface area contributed by atoms with Crippen LogP contribution in [-0.2, 0) is 16.4 Å². The Morgan fingerprint density at radius 1 is 1.50 bits per heavy atom. The predicted octanol–water partition coefficient (Wildman–Crippen LogP) is 2.38. The fraction of sp³-hybridized carbons (Fsp3) is 0.667. The maximum Gasteiger partial charge on any atom is 0.234 e. The Morgan fingerprint density at radius 2 is 2.19 bits per heavy atom. The smallest absolute Gasteiger partial charge is 0.234 e. The SMILES string of the molecule is CCc1nc(NS(=O)(=O)CCCCl)sc1C. The summed E-state index contributed by atoms with van der Waals surface area (Å²) in [6.07, 6.45) is 1.26. The molecule has 4 nitrogen and oxygen atoms in total. The molecule has 1 aromatic rings. The number of thiazole rings is 1. The van der Waals surface area contributed by atoms with Gasteiger partial charge in [-0.1, -0.05) is 6.92 Å². The summed E-state index contributed by atoms with van der Waals surface area (Å²) in [7, 11) is -3.29. The minimum atomic E-state index is -3.29. The van der Waals surface area contributed by atoms with Crippen molar-refractivity contribution in [1.29, 1.82) is 0 Å². The first-order valence-corrected chi connectivity index (χ1v) is 8.01. The minimum Gasteiger partial charge on any atom is -0.259 e. The van der Waals surface area contributed by atoms with E-state index in [2.05, 4.69) is 9.71 Å². The van der Waals surface area contributed by atoms with E-state index >= 15 is 0 Å². The molecule has 0 amide bonds. The highest BCUT2D eigenvalue weighted by molar-refractivity contribution is 7.92. The van der Waals surface area contributed by atoms with Gasteiger partial charge in [0.15, 0.2) is 5.13 Å². The van der Waals surface area contributed by atoms with E-state index in [4.69, 9.17) is 11.6 Å². The molecule has 7 heteroatoms. The Hall–Kier alpha value is -0.330. The zero-order chi connectivity index (χ0) is 12.2. The Balaban J connectivity index is 2.72. The van der Waals surface area contributed by atoms with Crippen LogP contribution < -0.4 is 4.72 Å². The number of sulfonamides is 1. The number of alkyl halides is 1. The van der Waals surface area contributed by atoms with E-state index in [0.29, 0.717) is 17.4 Å². The second-order valence-electron chi connectivity index (χ2n) is 3.34. The Bertz CT molecular complexity index is 442. The van der Waals surface area contributed by atoms with Crippen LogP contribution in [0.1, 0.15) is 23.9 Å². The fourth-order valence-corrected chi connectivity index (χ4v) is 3.76.